The third-order valence-electron chi connectivity index (χ3n) is 5.36. The summed E-state index contributed by atoms with van der Waals surface area (Å²) < 4.78 is 45.8. The summed E-state index contributed by atoms with van der Waals surface area (Å²) in [5, 5.41) is 15.4. The van der Waals surface area contributed by atoms with Crippen molar-refractivity contribution < 1.29 is 32.3 Å². The van der Waals surface area contributed by atoms with E-state index < -0.39 is 27.1 Å². The Bertz CT molecular complexity index is 1120. The summed E-state index contributed by atoms with van der Waals surface area (Å²) in [5.74, 6) is -0.682. The molecule has 4 rings (SSSR count). The van der Waals surface area contributed by atoms with Crippen molar-refractivity contribution in [1.29, 1.82) is 0 Å². The first-order valence-electron chi connectivity index (χ1n) is 10.4. The quantitative estimate of drug-likeness (QED) is 0.417. The van der Waals surface area contributed by atoms with E-state index in [4.69, 9.17) is 9.57 Å². The molecular formula is C20H23FN4O6S2. The molecule has 2 atom stereocenters. The number of anilines is 1. The number of hydrogen-bond acceptors (Lipinski definition) is 9. The van der Waals surface area contributed by atoms with Crippen LogP contribution in [0.1, 0.15) is 24.8 Å². The van der Waals surface area contributed by atoms with Gasteiger partial charge in [0.25, 0.3) is 5.91 Å². The molecule has 2 fully saturated rings. The van der Waals surface area contributed by atoms with Gasteiger partial charge in [0.2, 0.25) is 10.0 Å². The molecule has 2 aliphatic rings. The molecule has 2 saturated heterocycles. The molecule has 2 aromatic rings. The molecule has 10 nitrogen and oxygen atoms in total. The van der Waals surface area contributed by atoms with Crippen molar-refractivity contribution in [2.24, 2.45) is 5.16 Å². The first-order chi connectivity index (χ1) is 15.9. The van der Waals surface area contributed by atoms with Gasteiger partial charge < -0.3 is 14.7 Å². The van der Waals surface area contributed by atoms with Gasteiger partial charge in [-0.05, 0) is 25.0 Å². The van der Waals surface area contributed by atoms with Crippen LogP contribution in [0.15, 0.2) is 40.5 Å². The van der Waals surface area contributed by atoms with Gasteiger partial charge >= 0.3 is 0 Å². The largest absolute Gasteiger partial charge is 0.395 e. The third-order valence-corrected chi connectivity index (χ3v) is 8.03. The molecule has 0 bridgehead atoms. The van der Waals surface area contributed by atoms with Gasteiger partial charge in [-0.3, -0.25) is 10.1 Å². The van der Waals surface area contributed by atoms with E-state index in [0.717, 1.165) is 6.20 Å². The number of aromatic nitrogens is 1. The Kier molecular flexibility index (Phi) is 7.34. The number of nitrogens with one attached hydrogen (secondary N) is 1. The third kappa shape index (κ3) is 5.38. The van der Waals surface area contributed by atoms with Crippen LogP contribution < -0.4 is 5.32 Å². The highest BCUT2D eigenvalue weighted by Crippen LogP contribution is 2.26. The first-order valence-corrected chi connectivity index (χ1v) is 12.6. The number of amides is 1. The standard InChI is InChI=1S/C20H23FN4O6S2/c21-17-10-22-20(32-17)23-19(27)18(24-31-15-7-9-30-12-15)13-3-5-16(6-4-13)33(28,29)25-8-1-2-14(25)11-26/h3-6,10,14-15,26H,1-2,7-9,11-12H2,(H,22,23,27)/b24-18+/t14-,15-/m1/s1. The molecule has 33 heavy (non-hydrogen) atoms. The van der Waals surface area contributed by atoms with Crippen LogP contribution in [0, 0.1) is 5.13 Å². The van der Waals surface area contributed by atoms with Crippen molar-refractivity contribution in [2.75, 3.05) is 31.7 Å². The molecule has 0 saturated carbocycles. The lowest BCUT2D eigenvalue weighted by Crippen LogP contribution is -2.37. The van der Waals surface area contributed by atoms with E-state index in [-0.39, 0.29) is 28.4 Å². The summed E-state index contributed by atoms with van der Waals surface area (Å²) in [6.07, 6.45) is 2.58. The minimum absolute atomic E-state index is 0.0402. The van der Waals surface area contributed by atoms with E-state index in [1.807, 2.05) is 0 Å². The Balaban J connectivity index is 1.58. The van der Waals surface area contributed by atoms with Gasteiger partial charge in [0.15, 0.2) is 22.1 Å². The number of nitrogens with zero attached hydrogens (tertiary/aromatic N) is 3. The number of sulfonamides is 1. The van der Waals surface area contributed by atoms with E-state index in [2.05, 4.69) is 15.5 Å². The van der Waals surface area contributed by atoms with Crippen LogP contribution in [-0.2, 0) is 24.4 Å². The Labute approximate surface area is 194 Å². The van der Waals surface area contributed by atoms with E-state index in [1.165, 1.54) is 28.6 Å². The lowest BCUT2D eigenvalue weighted by molar-refractivity contribution is -0.110. The van der Waals surface area contributed by atoms with Crippen LogP contribution >= 0.6 is 11.3 Å². The molecule has 1 aromatic heterocycles. The number of benzene rings is 1. The van der Waals surface area contributed by atoms with Crippen LogP contribution in [-0.4, -0.2) is 72.9 Å². The smallest absolute Gasteiger partial charge is 0.280 e. The maximum absolute atomic E-state index is 13.3. The van der Waals surface area contributed by atoms with Gasteiger partial charge in [-0.1, -0.05) is 28.6 Å². The highest BCUT2D eigenvalue weighted by Gasteiger charge is 2.35. The van der Waals surface area contributed by atoms with Crippen molar-refractivity contribution in [3.05, 3.63) is 41.2 Å². The number of rotatable bonds is 8. The molecule has 0 spiro atoms. The van der Waals surface area contributed by atoms with E-state index in [9.17, 15) is 22.7 Å². The zero-order chi connectivity index (χ0) is 23.4. The molecule has 0 radical (unpaired) electrons. The fourth-order valence-corrected chi connectivity index (χ4v) is 5.87. The summed E-state index contributed by atoms with van der Waals surface area (Å²) >= 11 is 0.663. The number of hydrogen-bond donors (Lipinski definition) is 2. The molecular weight excluding hydrogens is 475 g/mol. The Hall–Kier alpha value is -2.45. The summed E-state index contributed by atoms with van der Waals surface area (Å²) in [5.41, 5.74) is 0.193. The zero-order valence-corrected chi connectivity index (χ0v) is 19.1. The minimum Gasteiger partial charge on any atom is -0.395 e. The Morgan fingerprint density at radius 2 is 2.15 bits per heavy atom. The van der Waals surface area contributed by atoms with E-state index >= 15 is 0 Å². The van der Waals surface area contributed by atoms with E-state index in [0.29, 0.717) is 55.9 Å². The van der Waals surface area contributed by atoms with Crippen molar-refractivity contribution in [1.82, 2.24) is 9.29 Å². The lowest BCUT2D eigenvalue weighted by atomic mass is 10.1. The Morgan fingerprint density at radius 1 is 1.36 bits per heavy atom. The number of ether oxygens (including phenoxy) is 1. The number of carbonyl (C=O) groups excluding carboxylic acids is 1. The highest BCUT2D eigenvalue weighted by atomic mass is 32.2. The number of aliphatic hydroxyl groups excluding tert-OH is 1. The van der Waals surface area contributed by atoms with Gasteiger partial charge in [-0.25, -0.2) is 13.4 Å². The van der Waals surface area contributed by atoms with Gasteiger partial charge in [0.05, 0.1) is 30.9 Å². The van der Waals surface area contributed by atoms with Crippen LogP contribution in [0.5, 0.6) is 0 Å². The SMILES string of the molecule is O=C(Nc1ncc(F)s1)/C(=N/O[C@@H]1CCOC1)c1ccc(S(=O)(=O)N2CCC[C@@H]2CO)cc1. The number of carbonyl (C=O) groups is 1. The van der Waals surface area contributed by atoms with Crippen LogP contribution in [0.2, 0.25) is 0 Å². The fourth-order valence-electron chi connectivity index (χ4n) is 3.65. The van der Waals surface area contributed by atoms with E-state index in [1.54, 1.807) is 0 Å². The average Bonchev–Trinajstić information content (AvgIpc) is 3.56. The predicted octanol–water partition coefficient (Wildman–Crippen LogP) is 1.58. The first kappa shape index (κ1) is 23.7. The second kappa shape index (κ2) is 10.2. The predicted molar refractivity (Wildman–Crippen MR) is 118 cm³/mol. The van der Waals surface area contributed by atoms with Gasteiger partial charge in [-0.15, -0.1) is 0 Å². The molecule has 2 N–H and O–H groups in total. The highest BCUT2D eigenvalue weighted by molar-refractivity contribution is 7.89. The van der Waals surface area contributed by atoms with Crippen molar-refractivity contribution in [3.8, 4) is 0 Å². The average molecular weight is 499 g/mol. The van der Waals surface area contributed by atoms with Crippen molar-refractivity contribution in [2.45, 2.75) is 36.3 Å². The second-order valence-corrected chi connectivity index (χ2v) is 10.4. The number of oxime groups is 1. The van der Waals surface area contributed by atoms with Crippen molar-refractivity contribution in [3.63, 3.8) is 0 Å². The second-order valence-electron chi connectivity index (χ2n) is 7.57. The molecule has 13 heteroatoms. The van der Waals surface area contributed by atoms with Gasteiger partial charge in [0.1, 0.15) is 0 Å². The summed E-state index contributed by atoms with van der Waals surface area (Å²) in [4.78, 5) is 22.1. The minimum atomic E-state index is -3.80. The van der Waals surface area contributed by atoms with Gasteiger partial charge in [-0.2, -0.15) is 8.70 Å². The molecule has 0 unspecified atom stereocenters. The number of thiazole rings is 1. The lowest BCUT2D eigenvalue weighted by Gasteiger charge is -2.22. The zero-order valence-electron chi connectivity index (χ0n) is 17.5. The van der Waals surface area contributed by atoms with Crippen LogP contribution in [0.4, 0.5) is 9.52 Å². The molecule has 1 amide bonds. The molecule has 178 valence electrons. The summed E-state index contributed by atoms with van der Waals surface area (Å²) in [6.45, 7) is 0.965. The van der Waals surface area contributed by atoms with Crippen molar-refractivity contribution >= 4 is 38.1 Å². The van der Waals surface area contributed by atoms with Crippen LogP contribution in [0.3, 0.4) is 0 Å². The molecule has 1 aromatic carbocycles. The maximum Gasteiger partial charge on any atom is 0.280 e. The monoisotopic (exact) mass is 498 g/mol. The maximum atomic E-state index is 13.3. The summed E-state index contributed by atoms with van der Waals surface area (Å²) in [7, 11) is -3.80. The molecule has 2 aliphatic heterocycles. The van der Waals surface area contributed by atoms with Gasteiger partial charge in [0, 0.05) is 24.6 Å². The molecule has 0 aliphatic carbocycles. The Morgan fingerprint density at radius 3 is 2.79 bits per heavy atom. The number of aliphatic hydroxyl groups is 1. The number of halogens is 1. The summed E-state index contributed by atoms with van der Waals surface area (Å²) in [6, 6.07) is 5.21. The normalized spacial score (nSPS) is 21.9. The topological polar surface area (TPSA) is 130 Å². The fraction of sp³-hybridized carbons (Fsp3) is 0.450. The van der Waals surface area contributed by atoms with Crippen LogP contribution in [0.25, 0.3) is 0 Å². The molecule has 3 heterocycles.